The van der Waals surface area contributed by atoms with Gasteiger partial charge in [0.2, 0.25) is 11.8 Å². The summed E-state index contributed by atoms with van der Waals surface area (Å²) in [5.74, 6) is 1.48. The number of amides is 2. The second kappa shape index (κ2) is 9.61. The van der Waals surface area contributed by atoms with Crippen LogP contribution in [0.15, 0.2) is 12.1 Å². The largest absolute Gasteiger partial charge is 0.494 e. The second-order valence-corrected chi connectivity index (χ2v) is 8.32. The first-order chi connectivity index (χ1) is 12.9. The topological polar surface area (TPSA) is 93.4 Å². The van der Waals surface area contributed by atoms with Crippen molar-refractivity contribution < 1.29 is 14.3 Å². The van der Waals surface area contributed by atoms with Crippen molar-refractivity contribution >= 4 is 35.6 Å². The van der Waals surface area contributed by atoms with E-state index in [4.69, 9.17) is 10.5 Å². The number of nitrogens with two attached hydrogens (primary N) is 1. The molecule has 1 heterocycles. The van der Waals surface area contributed by atoms with Gasteiger partial charge in [-0.1, -0.05) is 13.8 Å². The Kier molecular flexibility index (Phi) is 7.72. The molecule has 0 aromatic heterocycles. The molecule has 1 atom stereocenters. The van der Waals surface area contributed by atoms with E-state index in [0.29, 0.717) is 30.2 Å². The molecule has 4 N–H and O–H groups in total. The lowest BCUT2D eigenvalue weighted by molar-refractivity contribution is -0.118. The quantitative estimate of drug-likeness (QED) is 0.683. The predicted molar refractivity (Wildman–Crippen MR) is 114 cm³/mol. The molecule has 0 spiro atoms. The van der Waals surface area contributed by atoms with Crippen molar-refractivity contribution in [3.8, 4) is 5.75 Å². The van der Waals surface area contributed by atoms with Crippen molar-refractivity contribution in [3.05, 3.63) is 17.7 Å². The number of nitrogens with one attached hydrogen (secondary N) is 2. The van der Waals surface area contributed by atoms with Crippen LogP contribution in [-0.2, 0) is 9.59 Å². The molecule has 1 aliphatic heterocycles. The molecule has 0 saturated heterocycles. The lowest BCUT2D eigenvalue weighted by Gasteiger charge is -2.36. The third-order valence-corrected chi connectivity index (χ3v) is 5.70. The van der Waals surface area contributed by atoms with Gasteiger partial charge in [0.1, 0.15) is 5.75 Å². The zero-order valence-electron chi connectivity index (χ0n) is 16.9. The van der Waals surface area contributed by atoms with Gasteiger partial charge in [-0.2, -0.15) is 0 Å². The summed E-state index contributed by atoms with van der Waals surface area (Å²) < 4.78 is 5.46. The van der Waals surface area contributed by atoms with E-state index < -0.39 is 0 Å². The first kappa shape index (κ1) is 22.5. The average Bonchev–Trinajstić information content (AvgIpc) is 2.60. The minimum absolute atomic E-state index is 0. The molecule has 1 saturated carbocycles. The summed E-state index contributed by atoms with van der Waals surface area (Å²) in [6.45, 7) is 4.03. The van der Waals surface area contributed by atoms with E-state index in [2.05, 4.69) is 10.6 Å². The molecule has 1 fully saturated rings. The Morgan fingerprint density at radius 2 is 1.96 bits per heavy atom. The van der Waals surface area contributed by atoms with Gasteiger partial charge >= 0.3 is 0 Å². The number of benzene rings is 1. The molecule has 1 aromatic rings. The number of carbonyl (C=O) groups is 2. The van der Waals surface area contributed by atoms with Crippen molar-refractivity contribution in [1.29, 1.82) is 0 Å². The molecule has 2 amide bonds. The van der Waals surface area contributed by atoms with Crippen LogP contribution in [0, 0.1) is 11.8 Å². The van der Waals surface area contributed by atoms with Crippen molar-refractivity contribution in [2.75, 3.05) is 17.7 Å². The summed E-state index contributed by atoms with van der Waals surface area (Å²) in [5, 5.41) is 5.96. The van der Waals surface area contributed by atoms with E-state index in [9.17, 15) is 9.59 Å². The highest BCUT2D eigenvalue weighted by atomic mass is 35.5. The summed E-state index contributed by atoms with van der Waals surface area (Å²) in [7, 11) is 1.57. The van der Waals surface area contributed by atoms with E-state index >= 15 is 0 Å². The van der Waals surface area contributed by atoms with Crippen LogP contribution < -0.4 is 21.1 Å². The molecule has 2 aliphatic rings. The number of methoxy groups -OCH3 is 1. The molecular weight excluding hydrogens is 378 g/mol. The molecule has 7 heteroatoms. The number of halogens is 1. The number of rotatable bonds is 5. The molecule has 3 rings (SSSR count). The van der Waals surface area contributed by atoms with Crippen LogP contribution in [0.1, 0.15) is 63.9 Å². The number of anilines is 2. The summed E-state index contributed by atoms with van der Waals surface area (Å²) in [6.07, 6.45) is 5.04. The van der Waals surface area contributed by atoms with Crippen molar-refractivity contribution in [3.63, 3.8) is 0 Å². The Hall–Kier alpha value is -1.79. The standard InChI is InChI=1S/C21H31N3O3.ClH/c1-12(2)8-20(25)24-18-9-16-15(13-4-6-14(22)7-5-13)10-21(26)23-17(16)11-19(18)27-3;/h9,11-15H,4-8,10,22H2,1-3H3,(H,23,26)(H,24,25);1H. The number of hydrogen-bond acceptors (Lipinski definition) is 4. The summed E-state index contributed by atoms with van der Waals surface area (Å²) in [4.78, 5) is 24.6. The van der Waals surface area contributed by atoms with Gasteiger partial charge in [0.05, 0.1) is 12.8 Å². The number of ether oxygens (including phenoxy) is 1. The highest BCUT2D eigenvalue weighted by Gasteiger charge is 2.34. The van der Waals surface area contributed by atoms with Gasteiger partial charge < -0.3 is 21.1 Å². The van der Waals surface area contributed by atoms with Crippen LogP contribution in [-0.4, -0.2) is 25.0 Å². The van der Waals surface area contributed by atoms with Crippen molar-refractivity contribution in [1.82, 2.24) is 0 Å². The smallest absolute Gasteiger partial charge is 0.225 e. The van der Waals surface area contributed by atoms with Crippen molar-refractivity contribution in [2.45, 2.75) is 64.3 Å². The fourth-order valence-corrected chi connectivity index (χ4v) is 4.33. The lowest BCUT2D eigenvalue weighted by atomic mass is 9.72. The van der Waals surface area contributed by atoms with Crippen molar-refractivity contribution in [2.24, 2.45) is 17.6 Å². The first-order valence-corrected chi connectivity index (χ1v) is 9.94. The van der Waals surface area contributed by atoms with Gasteiger partial charge in [-0.15, -0.1) is 12.4 Å². The minimum atomic E-state index is -0.0247. The molecule has 1 aliphatic carbocycles. The molecule has 28 heavy (non-hydrogen) atoms. The van der Waals surface area contributed by atoms with E-state index in [1.54, 1.807) is 7.11 Å². The predicted octanol–water partition coefficient (Wildman–Crippen LogP) is 4.04. The van der Waals surface area contributed by atoms with Gasteiger partial charge in [-0.25, -0.2) is 0 Å². The molecule has 156 valence electrons. The Labute approximate surface area is 173 Å². The van der Waals surface area contributed by atoms with Gasteiger partial charge in [0.25, 0.3) is 0 Å². The van der Waals surface area contributed by atoms with Gasteiger partial charge in [0, 0.05) is 30.6 Å². The molecule has 0 radical (unpaired) electrons. The van der Waals surface area contributed by atoms with Crippen LogP contribution in [0.25, 0.3) is 0 Å². The highest BCUT2D eigenvalue weighted by Crippen LogP contribution is 2.46. The van der Waals surface area contributed by atoms with Crippen LogP contribution >= 0.6 is 12.4 Å². The van der Waals surface area contributed by atoms with Crippen LogP contribution in [0.3, 0.4) is 0 Å². The summed E-state index contributed by atoms with van der Waals surface area (Å²) >= 11 is 0. The fraction of sp³-hybridized carbons (Fsp3) is 0.619. The molecule has 6 nitrogen and oxygen atoms in total. The SMILES string of the molecule is COc1cc2c(cc1NC(=O)CC(C)C)C(C1CCC(N)CC1)CC(=O)N2.Cl. The third-order valence-electron chi connectivity index (χ3n) is 5.70. The van der Waals surface area contributed by atoms with Crippen LogP contribution in [0.5, 0.6) is 5.75 Å². The lowest BCUT2D eigenvalue weighted by Crippen LogP contribution is -2.33. The maximum Gasteiger partial charge on any atom is 0.225 e. The van der Waals surface area contributed by atoms with Gasteiger partial charge in [-0.3, -0.25) is 9.59 Å². The van der Waals surface area contributed by atoms with Gasteiger partial charge in [0.15, 0.2) is 0 Å². The third kappa shape index (κ3) is 5.17. The zero-order valence-corrected chi connectivity index (χ0v) is 17.7. The Bertz CT molecular complexity index is 715. The highest BCUT2D eigenvalue weighted by molar-refractivity contribution is 5.98. The Morgan fingerprint density at radius 3 is 2.57 bits per heavy atom. The molecular formula is C21H32ClN3O3. The van der Waals surface area contributed by atoms with Crippen LogP contribution in [0.4, 0.5) is 11.4 Å². The molecule has 1 unspecified atom stereocenters. The van der Waals surface area contributed by atoms with Gasteiger partial charge in [-0.05, 0) is 55.1 Å². The molecule has 0 bridgehead atoms. The van der Waals surface area contributed by atoms with E-state index in [-0.39, 0.29) is 42.1 Å². The fourth-order valence-electron chi connectivity index (χ4n) is 4.33. The normalized spacial score (nSPS) is 24.0. The first-order valence-electron chi connectivity index (χ1n) is 9.94. The zero-order chi connectivity index (χ0) is 19.6. The Balaban J connectivity index is 0.00000280. The monoisotopic (exact) mass is 409 g/mol. The molecule has 1 aromatic carbocycles. The number of fused-ring (bicyclic) bond motifs is 1. The van der Waals surface area contributed by atoms with E-state index in [1.165, 1.54) is 0 Å². The van der Waals surface area contributed by atoms with E-state index in [0.717, 1.165) is 36.9 Å². The van der Waals surface area contributed by atoms with Crippen LogP contribution in [0.2, 0.25) is 0 Å². The summed E-state index contributed by atoms with van der Waals surface area (Å²) in [6, 6.07) is 4.10. The maximum absolute atomic E-state index is 12.3. The average molecular weight is 410 g/mol. The summed E-state index contributed by atoms with van der Waals surface area (Å²) in [5.41, 5.74) is 8.63. The number of hydrogen-bond donors (Lipinski definition) is 3. The second-order valence-electron chi connectivity index (χ2n) is 8.32. The number of carbonyl (C=O) groups excluding carboxylic acids is 2. The maximum atomic E-state index is 12.3. The minimum Gasteiger partial charge on any atom is -0.494 e. The van der Waals surface area contributed by atoms with E-state index in [1.807, 2.05) is 26.0 Å². The Morgan fingerprint density at radius 1 is 1.29 bits per heavy atom.